The topological polar surface area (TPSA) is 89.5 Å². The lowest BCUT2D eigenvalue weighted by atomic mass is 10.2. The highest BCUT2D eigenvalue weighted by molar-refractivity contribution is 8.26. The summed E-state index contributed by atoms with van der Waals surface area (Å²) in [4.78, 5) is 37.3. The van der Waals surface area contributed by atoms with Gasteiger partial charge < -0.3 is 15.2 Å². The molecule has 0 spiro atoms. The van der Waals surface area contributed by atoms with E-state index in [2.05, 4.69) is 5.32 Å². The first-order valence-electron chi connectivity index (χ1n) is 7.86. The number of thioether (sulfide) groups is 1. The normalized spacial score (nSPS) is 15.3. The van der Waals surface area contributed by atoms with Crippen LogP contribution in [0.4, 0.5) is 5.69 Å². The summed E-state index contributed by atoms with van der Waals surface area (Å²) in [5.41, 5.74) is 1.11. The number of hydrogen-bond donors (Lipinski definition) is 1. The number of aromatic carboxylic acids is 1. The third-order valence-corrected chi connectivity index (χ3v) is 5.03. The number of carboxylic acid groups (broad SMARTS) is 1. The maximum absolute atomic E-state index is 12.5. The zero-order chi connectivity index (χ0) is 19.4. The number of hydrogen-bond acceptors (Lipinski definition) is 6. The fraction of sp³-hybridized carbons (Fsp3) is 0.0526. The summed E-state index contributed by atoms with van der Waals surface area (Å²) >= 11 is 6.34. The summed E-state index contributed by atoms with van der Waals surface area (Å²) in [6.45, 7) is -0.258. The molecule has 1 aliphatic rings. The Kier molecular flexibility index (Phi) is 5.68. The van der Waals surface area contributed by atoms with Crippen molar-refractivity contribution in [2.75, 3.05) is 11.9 Å². The van der Waals surface area contributed by atoms with Gasteiger partial charge in [-0.15, -0.1) is 0 Å². The third kappa shape index (κ3) is 4.60. The first-order chi connectivity index (χ1) is 12.9. The molecule has 1 heterocycles. The van der Waals surface area contributed by atoms with Crippen LogP contribution in [0.1, 0.15) is 15.9 Å². The molecular weight excluding hydrogens is 384 g/mol. The monoisotopic (exact) mass is 397 g/mol. The molecule has 2 amide bonds. The Labute approximate surface area is 164 Å². The third-order valence-electron chi connectivity index (χ3n) is 3.65. The van der Waals surface area contributed by atoms with Crippen molar-refractivity contribution in [1.29, 1.82) is 0 Å². The predicted octanol–water partition coefficient (Wildman–Crippen LogP) is 1.89. The molecule has 0 atom stereocenters. The number of carbonyl (C=O) groups is 3. The van der Waals surface area contributed by atoms with Gasteiger partial charge in [0.2, 0.25) is 5.91 Å². The molecule has 0 unspecified atom stereocenters. The van der Waals surface area contributed by atoms with Crippen molar-refractivity contribution < 1.29 is 19.5 Å². The first-order valence-corrected chi connectivity index (χ1v) is 9.08. The molecule has 0 bridgehead atoms. The standard InChI is InChI=1S/C19H14N2O4S2/c22-16(20-14-8-4-7-13(10-14)18(24)25)11-21-17(23)15(27-19(21)26)9-12-5-2-1-3-6-12/h1-10H,11H2,(H,20,22)(H,24,25)/p-1. The molecule has 1 aliphatic heterocycles. The van der Waals surface area contributed by atoms with Gasteiger partial charge in [-0.2, -0.15) is 0 Å². The minimum atomic E-state index is -1.34. The van der Waals surface area contributed by atoms with E-state index < -0.39 is 11.9 Å². The number of carboxylic acids is 1. The van der Waals surface area contributed by atoms with Crippen molar-refractivity contribution in [3.8, 4) is 0 Å². The molecule has 0 aromatic heterocycles. The van der Waals surface area contributed by atoms with E-state index in [1.807, 2.05) is 30.3 Å². The van der Waals surface area contributed by atoms with Gasteiger partial charge in [0.1, 0.15) is 10.9 Å². The summed E-state index contributed by atoms with van der Waals surface area (Å²) in [7, 11) is 0. The second-order valence-corrected chi connectivity index (χ2v) is 7.27. The van der Waals surface area contributed by atoms with E-state index in [1.165, 1.54) is 23.1 Å². The molecule has 0 saturated carbocycles. The molecule has 136 valence electrons. The van der Waals surface area contributed by atoms with Gasteiger partial charge in [0.05, 0.1) is 10.9 Å². The van der Waals surface area contributed by atoms with Gasteiger partial charge in [0, 0.05) is 5.69 Å². The summed E-state index contributed by atoms with van der Waals surface area (Å²) in [6.07, 6.45) is 1.72. The highest BCUT2D eigenvalue weighted by atomic mass is 32.2. The number of amides is 2. The molecule has 0 radical (unpaired) electrons. The molecule has 1 fully saturated rings. The summed E-state index contributed by atoms with van der Waals surface area (Å²) < 4.78 is 0.292. The molecule has 6 nitrogen and oxygen atoms in total. The lowest BCUT2D eigenvalue weighted by molar-refractivity contribution is -0.255. The smallest absolute Gasteiger partial charge is 0.266 e. The van der Waals surface area contributed by atoms with Crippen molar-refractivity contribution in [2.24, 2.45) is 0 Å². The van der Waals surface area contributed by atoms with Gasteiger partial charge in [-0.3, -0.25) is 14.5 Å². The van der Waals surface area contributed by atoms with Crippen molar-refractivity contribution in [3.63, 3.8) is 0 Å². The number of anilines is 1. The predicted molar refractivity (Wildman–Crippen MR) is 106 cm³/mol. The Hall–Kier alpha value is -2.97. The Balaban J connectivity index is 1.68. The molecule has 2 aromatic rings. The van der Waals surface area contributed by atoms with Gasteiger partial charge in [-0.05, 0) is 29.3 Å². The fourth-order valence-corrected chi connectivity index (χ4v) is 3.66. The number of nitrogens with one attached hydrogen (secondary N) is 1. The Morgan fingerprint density at radius 2 is 1.89 bits per heavy atom. The van der Waals surface area contributed by atoms with Gasteiger partial charge in [-0.1, -0.05) is 66.4 Å². The van der Waals surface area contributed by atoms with Crippen molar-refractivity contribution in [2.45, 2.75) is 0 Å². The highest BCUT2D eigenvalue weighted by Gasteiger charge is 2.33. The van der Waals surface area contributed by atoms with Gasteiger partial charge in [-0.25, -0.2) is 0 Å². The maximum Gasteiger partial charge on any atom is 0.266 e. The largest absolute Gasteiger partial charge is 0.545 e. The second-order valence-electron chi connectivity index (χ2n) is 5.59. The Morgan fingerprint density at radius 1 is 1.15 bits per heavy atom. The van der Waals surface area contributed by atoms with Crippen molar-refractivity contribution in [3.05, 3.63) is 70.6 Å². The van der Waals surface area contributed by atoms with Crippen LogP contribution in [0, 0.1) is 0 Å². The average Bonchev–Trinajstić information content (AvgIpc) is 2.90. The first kappa shape index (κ1) is 18.8. The Morgan fingerprint density at radius 3 is 2.59 bits per heavy atom. The fourth-order valence-electron chi connectivity index (χ4n) is 2.40. The van der Waals surface area contributed by atoms with Crippen LogP contribution in [0.3, 0.4) is 0 Å². The van der Waals surface area contributed by atoms with E-state index in [4.69, 9.17) is 12.2 Å². The Bertz CT molecular complexity index is 957. The van der Waals surface area contributed by atoms with E-state index in [1.54, 1.807) is 12.1 Å². The molecular formula is C19H13N2O4S2-. The number of carbonyl (C=O) groups excluding carboxylic acids is 3. The van der Waals surface area contributed by atoms with E-state index >= 15 is 0 Å². The van der Waals surface area contributed by atoms with Crippen molar-refractivity contribution in [1.82, 2.24) is 4.90 Å². The molecule has 8 heteroatoms. The molecule has 1 N–H and O–H groups in total. The minimum Gasteiger partial charge on any atom is -0.545 e. The van der Waals surface area contributed by atoms with E-state index in [0.717, 1.165) is 17.3 Å². The molecule has 1 saturated heterocycles. The van der Waals surface area contributed by atoms with Gasteiger partial charge in [0.15, 0.2) is 0 Å². The zero-order valence-corrected chi connectivity index (χ0v) is 15.5. The van der Waals surface area contributed by atoms with E-state index in [-0.39, 0.29) is 18.0 Å². The van der Waals surface area contributed by atoms with Crippen LogP contribution in [0.2, 0.25) is 0 Å². The van der Waals surface area contributed by atoms with E-state index in [0.29, 0.717) is 14.9 Å². The van der Waals surface area contributed by atoms with Gasteiger partial charge >= 0.3 is 0 Å². The number of thiocarbonyl (C=S) groups is 1. The van der Waals surface area contributed by atoms with Gasteiger partial charge in [0.25, 0.3) is 5.91 Å². The quantitative estimate of drug-likeness (QED) is 0.612. The number of rotatable bonds is 5. The van der Waals surface area contributed by atoms with Crippen LogP contribution in [0.15, 0.2) is 59.5 Å². The zero-order valence-electron chi connectivity index (χ0n) is 13.9. The lowest BCUT2D eigenvalue weighted by Gasteiger charge is -2.14. The summed E-state index contributed by atoms with van der Waals surface area (Å²) in [5.74, 6) is -2.16. The molecule has 3 rings (SSSR count). The average molecular weight is 397 g/mol. The van der Waals surface area contributed by atoms with Crippen LogP contribution in [-0.2, 0) is 9.59 Å². The number of nitrogens with zero attached hydrogens (tertiary/aromatic N) is 1. The lowest BCUT2D eigenvalue weighted by Crippen LogP contribution is -2.36. The maximum atomic E-state index is 12.5. The SMILES string of the molecule is O=C(CN1C(=O)C(=Cc2ccccc2)SC1=S)Nc1cccc(C(=O)[O-])c1. The molecule has 27 heavy (non-hydrogen) atoms. The van der Waals surface area contributed by atoms with E-state index in [9.17, 15) is 19.5 Å². The number of benzene rings is 2. The minimum absolute atomic E-state index is 0.0517. The summed E-state index contributed by atoms with van der Waals surface area (Å²) in [6, 6.07) is 15.0. The highest BCUT2D eigenvalue weighted by Crippen LogP contribution is 2.32. The van der Waals surface area contributed by atoms with Crippen molar-refractivity contribution >= 4 is 57.8 Å². The van der Waals surface area contributed by atoms with Crippen LogP contribution < -0.4 is 10.4 Å². The second kappa shape index (κ2) is 8.15. The van der Waals surface area contributed by atoms with Crippen LogP contribution >= 0.6 is 24.0 Å². The summed E-state index contributed by atoms with van der Waals surface area (Å²) in [5, 5.41) is 13.4. The molecule has 0 aliphatic carbocycles. The van der Waals surface area contributed by atoms with Crippen LogP contribution in [0.5, 0.6) is 0 Å². The van der Waals surface area contributed by atoms with Crippen LogP contribution in [-0.4, -0.2) is 33.5 Å². The molecule has 2 aromatic carbocycles. The van der Waals surface area contributed by atoms with Crippen LogP contribution in [0.25, 0.3) is 6.08 Å².